The fourth-order valence-electron chi connectivity index (χ4n) is 4.23. The van der Waals surface area contributed by atoms with Crippen molar-refractivity contribution in [3.63, 3.8) is 0 Å². The minimum absolute atomic E-state index is 0.0225. The molecule has 2 aromatic carbocycles. The Bertz CT molecular complexity index is 1240. The van der Waals surface area contributed by atoms with Crippen LogP contribution in [0.15, 0.2) is 30.3 Å². The number of ether oxygens (including phenoxy) is 3. The summed E-state index contributed by atoms with van der Waals surface area (Å²) in [6.45, 7) is 2.20. The number of carbonyl (C=O) groups excluding carboxylic acids is 1. The Hall–Kier alpha value is -2.71. The van der Waals surface area contributed by atoms with Crippen molar-refractivity contribution in [3.05, 3.63) is 51.5 Å². The first kappa shape index (κ1) is 30.5. The molecule has 1 aliphatic rings. The van der Waals surface area contributed by atoms with Gasteiger partial charge in [0.2, 0.25) is 5.75 Å². The Balaban J connectivity index is 0.00000153. The third kappa shape index (κ3) is 7.65. The molecule has 1 amide bonds. The molecule has 0 aromatic heterocycles. The van der Waals surface area contributed by atoms with Crippen LogP contribution in [-0.2, 0) is 19.7 Å². The van der Waals surface area contributed by atoms with Crippen molar-refractivity contribution >= 4 is 39.2 Å². The van der Waals surface area contributed by atoms with Crippen LogP contribution in [0.2, 0.25) is 10.0 Å². The van der Waals surface area contributed by atoms with Crippen molar-refractivity contribution in [2.45, 2.75) is 25.2 Å². The van der Waals surface area contributed by atoms with Gasteiger partial charge in [-0.25, -0.2) is 0 Å². The average molecular weight is 573 g/mol. The van der Waals surface area contributed by atoms with E-state index >= 15 is 0 Å². The quantitative estimate of drug-likeness (QED) is 0.397. The molecule has 0 N–H and O–H groups in total. The second kappa shape index (κ2) is 13.2. The number of nitrogens with zero attached hydrogens (tertiary/aromatic N) is 2. The van der Waals surface area contributed by atoms with Crippen molar-refractivity contribution in [3.8, 4) is 23.3 Å². The monoisotopic (exact) mass is 572 g/mol. The van der Waals surface area contributed by atoms with Gasteiger partial charge in [-0.15, -0.1) is 0 Å². The van der Waals surface area contributed by atoms with E-state index in [4.69, 9.17) is 46.9 Å². The van der Waals surface area contributed by atoms with Gasteiger partial charge in [-0.1, -0.05) is 29.3 Å². The molecule has 9 nitrogen and oxygen atoms in total. The van der Waals surface area contributed by atoms with Gasteiger partial charge in [0.25, 0.3) is 16.0 Å². The van der Waals surface area contributed by atoms with Crippen molar-refractivity contribution in [2.24, 2.45) is 0 Å². The molecule has 0 radical (unpaired) electrons. The van der Waals surface area contributed by atoms with Crippen molar-refractivity contribution in [2.75, 3.05) is 47.3 Å². The molecule has 0 spiro atoms. The largest absolute Gasteiger partial charge is 0.493 e. The maximum Gasteiger partial charge on any atom is 0.264 e. The molecule has 0 saturated carbocycles. The SMILES string of the molecule is CC#N.COc1cc(C(=O)N2CC[C@](CCOS(C)(=O)=O)(c3ccc(Cl)c(Cl)c3)C2)cc(OC)c1OC. The number of hydrogen-bond donors (Lipinski definition) is 0. The van der Waals surface area contributed by atoms with Crippen LogP contribution in [0.25, 0.3) is 0 Å². The van der Waals surface area contributed by atoms with E-state index in [2.05, 4.69) is 0 Å². The Morgan fingerprint density at radius 3 is 2.16 bits per heavy atom. The number of nitriles is 1. The van der Waals surface area contributed by atoms with Gasteiger partial charge in [-0.3, -0.25) is 8.98 Å². The van der Waals surface area contributed by atoms with E-state index in [0.717, 1.165) is 11.8 Å². The molecule has 0 unspecified atom stereocenters. The molecule has 3 rings (SSSR count). The number of rotatable bonds is 9. The van der Waals surface area contributed by atoms with E-state index in [1.807, 2.05) is 6.07 Å². The molecule has 0 bridgehead atoms. The molecule has 202 valence electrons. The van der Waals surface area contributed by atoms with Crippen LogP contribution in [0.3, 0.4) is 0 Å². The Morgan fingerprint density at radius 1 is 1.08 bits per heavy atom. The summed E-state index contributed by atoms with van der Waals surface area (Å²) in [5.41, 5.74) is 0.681. The Kier molecular flexibility index (Phi) is 10.9. The summed E-state index contributed by atoms with van der Waals surface area (Å²) in [5.74, 6) is 0.930. The van der Waals surface area contributed by atoms with Crippen LogP contribution in [0.1, 0.15) is 35.7 Å². The lowest BCUT2D eigenvalue weighted by molar-refractivity contribution is 0.0779. The third-order valence-corrected chi connectivity index (χ3v) is 7.30. The fraction of sp³-hybridized carbons (Fsp3) is 0.440. The fourth-order valence-corrected chi connectivity index (χ4v) is 4.92. The molecule has 1 aliphatic heterocycles. The van der Waals surface area contributed by atoms with E-state index in [1.54, 1.807) is 35.2 Å². The van der Waals surface area contributed by atoms with Crippen molar-refractivity contribution in [1.82, 2.24) is 4.90 Å². The summed E-state index contributed by atoms with van der Waals surface area (Å²) in [4.78, 5) is 15.2. The third-order valence-electron chi connectivity index (χ3n) is 5.96. The topological polar surface area (TPSA) is 115 Å². The van der Waals surface area contributed by atoms with Gasteiger partial charge in [0.15, 0.2) is 11.5 Å². The predicted octanol–water partition coefficient (Wildman–Crippen LogP) is 4.70. The highest BCUT2D eigenvalue weighted by Gasteiger charge is 2.42. The van der Waals surface area contributed by atoms with Crippen LogP contribution >= 0.6 is 23.2 Å². The average Bonchev–Trinajstić information content (AvgIpc) is 3.29. The lowest BCUT2D eigenvalue weighted by Gasteiger charge is -2.30. The molecule has 2 aromatic rings. The van der Waals surface area contributed by atoms with Crippen LogP contribution < -0.4 is 14.2 Å². The first-order valence-corrected chi connectivity index (χ1v) is 13.7. The van der Waals surface area contributed by atoms with E-state index in [-0.39, 0.29) is 12.5 Å². The highest BCUT2D eigenvalue weighted by Crippen LogP contribution is 2.42. The molecule has 0 aliphatic carbocycles. The van der Waals surface area contributed by atoms with Crippen LogP contribution in [-0.4, -0.2) is 66.5 Å². The van der Waals surface area contributed by atoms with Crippen molar-refractivity contribution in [1.29, 1.82) is 5.26 Å². The van der Waals surface area contributed by atoms with Gasteiger partial charge in [-0.2, -0.15) is 13.7 Å². The second-order valence-corrected chi connectivity index (χ2v) is 10.8. The van der Waals surface area contributed by atoms with Gasteiger partial charge < -0.3 is 19.1 Å². The molecule has 37 heavy (non-hydrogen) atoms. The molecule has 1 fully saturated rings. The van der Waals surface area contributed by atoms with Crippen LogP contribution in [0.4, 0.5) is 0 Å². The smallest absolute Gasteiger partial charge is 0.264 e. The van der Waals surface area contributed by atoms with Crippen LogP contribution in [0.5, 0.6) is 17.2 Å². The first-order chi connectivity index (χ1) is 17.4. The standard InChI is InChI=1S/C23H27Cl2NO7S.C2H3N/c1-30-19-11-15(12-20(31-2)21(19)32-3)22(27)26-9-7-23(14-26,8-10-33-34(4,28)29)16-5-6-17(24)18(25)13-16;1-2-3/h5-6,11-13H,7-10,14H2,1-4H3;1H3/t23-;/m1./s1. The highest BCUT2D eigenvalue weighted by atomic mass is 35.5. The van der Waals surface area contributed by atoms with E-state index < -0.39 is 15.5 Å². The summed E-state index contributed by atoms with van der Waals surface area (Å²) in [6.07, 6.45) is 1.97. The Morgan fingerprint density at radius 2 is 1.68 bits per heavy atom. The van der Waals surface area contributed by atoms with E-state index in [9.17, 15) is 13.2 Å². The van der Waals surface area contributed by atoms with E-state index in [1.165, 1.54) is 28.3 Å². The number of halogens is 2. The molecular formula is C25H30Cl2N2O7S. The molecule has 1 saturated heterocycles. The lowest BCUT2D eigenvalue weighted by Crippen LogP contribution is -2.35. The summed E-state index contributed by atoms with van der Waals surface area (Å²) >= 11 is 12.4. The number of likely N-dealkylation sites (tertiary alicyclic amines) is 1. The number of amides is 1. The molecule has 1 atom stereocenters. The summed E-state index contributed by atoms with van der Waals surface area (Å²) < 4.78 is 44.1. The van der Waals surface area contributed by atoms with Gasteiger partial charge in [-0.05, 0) is 42.7 Å². The molecule has 1 heterocycles. The van der Waals surface area contributed by atoms with Gasteiger partial charge in [0.1, 0.15) is 0 Å². The lowest BCUT2D eigenvalue weighted by atomic mass is 9.77. The minimum Gasteiger partial charge on any atom is -0.493 e. The van der Waals surface area contributed by atoms with Crippen LogP contribution in [0, 0.1) is 11.3 Å². The highest BCUT2D eigenvalue weighted by molar-refractivity contribution is 7.85. The summed E-state index contributed by atoms with van der Waals surface area (Å²) in [7, 11) is 0.860. The zero-order valence-corrected chi connectivity index (χ0v) is 23.7. The maximum absolute atomic E-state index is 13.5. The zero-order valence-electron chi connectivity index (χ0n) is 21.3. The number of carbonyl (C=O) groups is 1. The first-order valence-electron chi connectivity index (χ1n) is 11.1. The maximum atomic E-state index is 13.5. The number of methoxy groups -OCH3 is 3. The van der Waals surface area contributed by atoms with Gasteiger partial charge in [0.05, 0.1) is 50.3 Å². The zero-order chi connectivity index (χ0) is 27.8. The number of benzene rings is 2. The minimum atomic E-state index is -3.60. The van der Waals surface area contributed by atoms with Crippen molar-refractivity contribution < 1.29 is 31.6 Å². The molecule has 12 heteroatoms. The van der Waals surface area contributed by atoms with Gasteiger partial charge >= 0.3 is 0 Å². The second-order valence-electron chi connectivity index (χ2n) is 8.30. The predicted molar refractivity (Wildman–Crippen MR) is 141 cm³/mol. The van der Waals surface area contributed by atoms with Gasteiger partial charge in [0, 0.05) is 31.0 Å². The Labute approximate surface area is 227 Å². The summed E-state index contributed by atoms with van der Waals surface area (Å²) in [6, 6.07) is 10.3. The number of hydrogen-bond acceptors (Lipinski definition) is 8. The summed E-state index contributed by atoms with van der Waals surface area (Å²) in [5, 5.41) is 8.12. The molecular weight excluding hydrogens is 543 g/mol. The van der Waals surface area contributed by atoms with E-state index in [0.29, 0.717) is 58.8 Å². The normalized spacial score (nSPS) is 16.9.